The van der Waals surface area contributed by atoms with Gasteiger partial charge in [0.05, 0.1) is 5.56 Å². The fourth-order valence-electron chi connectivity index (χ4n) is 2.89. The molecule has 0 saturated carbocycles. The number of carbonyl (C=O) groups excluding carboxylic acids is 1. The first kappa shape index (κ1) is 18.0. The Morgan fingerprint density at radius 2 is 1.71 bits per heavy atom. The molecule has 0 fully saturated rings. The maximum atomic E-state index is 12.6. The molecule has 5 nitrogen and oxygen atoms in total. The Morgan fingerprint density at radius 1 is 0.929 bits per heavy atom. The van der Waals surface area contributed by atoms with Gasteiger partial charge >= 0.3 is 10.1 Å². The van der Waals surface area contributed by atoms with Crippen LogP contribution in [0.4, 0.5) is 0 Å². The number of ether oxygens (including phenoxy) is 1. The Bertz CT molecular complexity index is 1190. The van der Waals surface area contributed by atoms with Gasteiger partial charge in [0.2, 0.25) is 5.78 Å². The van der Waals surface area contributed by atoms with E-state index in [1.54, 1.807) is 24.3 Å². The quantitative estimate of drug-likeness (QED) is 0.487. The zero-order valence-corrected chi connectivity index (χ0v) is 15.8. The van der Waals surface area contributed by atoms with Gasteiger partial charge in [-0.2, -0.15) is 8.42 Å². The van der Waals surface area contributed by atoms with Crippen LogP contribution in [0.3, 0.4) is 0 Å². The molecule has 0 bridgehead atoms. The molecule has 0 atom stereocenters. The molecular weight excluding hydrogens is 376 g/mol. The summed E-state index contributed by atoms with van der Waals surface area (Å²) in [6.07, 6.45) is 1.66. The molecule has 0 amide bonds. The fourth-order valence-corrected chi connectivity index (χ4v) is 3.84. The molecule has 0 aliphatic carbocycles. The predicted molar refractivity (Wildman–Crippen MR) is 105 cm³/mol. The first-order chi connectivity index (χ1) is 13.4. The highest BCUT2D eigenvalue weighted by Gasteiger charge is 2.28. The Morgan fingerprint density at radius 3 is 2.46 bits per heavy atom. The van der Waals surface area contributed by atoms with Gasteiger partial charge in [0.1, 0.15) is 16.4 Å². The summed E-state index contributed by atoms with van der Waals surface area (Å²) in [6, 6.07) is 19.9. The minimum atomic E-state index is -3.97. The SMILES string of the molecule is Cc1cccc(C=C2Oc3cc(OS(=O)(=O)c4ccccc4)ccc3C2=O)c1. The van der Waals surface area contributed by atoms with E-state index in [1.165, 1.54) is 30.3 Å². The molecule has 0 unspecified atom stereocenters. The summed E-state index contributed by atoms with van der Waals surface area (Å²) in [6.45, 7) is 1.96. The van der Waals surface area contributed by atoms with Gasteiger partial charge in [-0.1, -0.05) is 48.0 Å². The minimum absolute atomic E-state index is 0.0486. The van der Waals surface area contributed by atoms with Crippen molar-refractivity contribution < 1.29 is 22.1 Å². The van der Waals surface area contributed by atoms with Gasteiger partial charge in [-0.05, 0) is 42.8 Å². The van der Waals surface area contributed by atoms with Crippen LogP contribution >= 0.6 is 0 Å². The Balaban J connectivity index is 1.61. The van der Waals surface area contributed by atoms with Crippen LogP contribution in [0.5, 0.6) is 11.5 Å². The lowest BCUT2D eigenvalue weighted by molar-refractivity contribution is 0.101. The number of Topliss-reactive ketones (excluding diaryl/α,β-unsaturated/α-hetero) is 1. The number of benzene rings is 3. The van der Waals surface area contributed by atoms with Gasteiger partial charge in [0, 0.05) is 6.07 Å². The van der Waals surface area contributed by atoms with E-state index in [0.29, 0.717) is 5.56 Å². The predicted octanol–water partition coefficient (Wildman–Crippen LogP) is 4.38. The van der Waals surface area contributed by atoms with Crippen molar-refractivity contribution in [2.75, 3.05) is 0 Å². The van der Waals surface area contributed by atoms with Crippen LogP contribution in [-0.4, -0.2) is 14.2 Å². The van der Waals surface area contributed by atoms with Crippen LogP contribution in [0, 0.1) is 6.92 Å². The third-order valence-corrected chi connectivity index (χ3v) is 5.48. The molecule has 0 aromatic heterocycles. The van der Waals surface area contributed by atoms with E-state index in [0.717, 1.165) is 11.1 Å². The van der Waals surface area contributed by atoms with Crippen LogP contribution in [0.2, 0.25) is 0 Å². The van der Waals surface area contributed by atoms with E-state index in [1.807, 2.05) is 31.2 Å². The van der Waals surface area contributed by atoms with Gasteiger partial charge in [0.15, 0.2) is 5.76 Å². The molecule has 3 aromatic rings. The average Bonchev–Trinajstić information content (AvgIpc) is 2.97. The number of fused-ring (bicyclic) bond motifs is 1. The molecule has 4 rings (SSSR count). The second-order valence-electron chi connectivity index (χ2n) is 6.36. The van der Waals surface area contributed by atoms with Crippen molar-refractivity contribution >= 4 is 22.0 Å². The number of hydrogen-bond acceptors (Lipinski definition) is 5. The molecule has 1 aliphatic heterocycles. The zero-order chi connectivity index (χ0) is 19.7. The molecule has 0 spiro atoms. The molecule has 140 valence electrons. The van der Waals surface area contributed by atoms with Gasteiger partial charge < -0.3 is 8.92 Å². The topological polar surface area (TPSA) is 69.7 Å². The second-order valence-corrected chi connectivity index (χ2v) is 7.91. The number of carbonyl (C=O) groups is 1. The largest absolute Gasteiger partial charge is 0.452 e. The highest BCUT2D eigenvalue weighted by molar-refractivity contribution is 7.87. The fraction of sp³-hybridized carbons (Fsp3) is 0.0455. The van der Waals surface area contributed by atoms with Gasteiger partial charge in [-0.15, -0.1) is 0 Å². The van der Waals surface area contributed by atoms with Crippen molar-refractivity contribution in [3.8, 4) is 11.5 Å². The van der Waals surface area contributed by atoms with Crippen LogP contribution in [-0.2, 0) is 10.1 Å². The summed E-state index contributed by atoms with van der Waals surface area (Å²) < 4.78 is 35.6. The Hall–Kier alpha value is -3.38. The van der Waals surface area contributed by atoms with Crippen molar-refractivity contribution in [1.29, 1.82) is 0 Å². The van der Waals surface area contributed by atoms with Gasteiger partial charge in [-0.3, -0.25) is 4.79 Å². The smallest absolute Gasteiger partial charge is 0.339 e. The monoisotopic (exact) mass is 392 g/mol. The van der Waals surface area contributed by atoms with E-state index >= 15 is 0 Å². The third-order valence-electron chi connectivity index (χ3n) is 4.22. The second kappa shape index (κ2) is 6.98. The summed E-state index contributed by atoms with van der Waals surface area (Å²) in [4.78, 5) is 12.6. The molecule has 28 heavy (non-hydrogen) atoms. The Kier molecular flexibility index (Phi) is 4.49. The first-order valence-corrected chi connectivity index (χ1v) is 9.98. The van der Waals surface area contributed by atoms with E-state index in [-0.39, 0.29) is 27.9 Å². The lowest BCUT2D eigenvalue weighted by Crippen LogP contribution is -2.09. The summed E-state index contributed by atoms with van der Waals surface area (Å²) in [5.41, 5.74) is 2.28. The zero-order valence-electron chi connectivity index (χ0n) is 15.0. The summed E-state index contributed by atoms with van der Waals surface area (Å²) in [5, 5.41) is 0. The first-order valence-electron chi connectivity index (χ1n) is 8.57. The maximum Gasteiger partial charge on any atom is 0.339 e. The van der Waals surface area contributed by atoms with Crippen LogP contribution in [0.1, 0.15) is 21.5 Å². The number of ketones is 1. The van der Waals surface area contributed by atoms with E-state index in [2.05, 4.69) is 0 Å². The normalized spacial score (nSPS) is 14.6. The Labute approximate surface area is 163 Å². The van der Waals surface area contributed by atoms with Crippen molar-refractivity contribution in [3.05, 3.63) is 95.2 Å². The van der Waals surface area contributed by atoms with E-state index < -0.39 is 10.1 Å². The average molecular weight is 392 g/mol. The van der Waals surface area contributed by atoms with Gasteiger partial charge in [0.25, 0.3) is 0 Å². The molecule has 0 radical (unpaired) electrons. The summed E-state index contributed by atoms with van der Waals surface area (Å²) in [5.74, 6) is 0.273. The van der Waals surface area contributed by atoms with Crippen molar-refractivity contribution in [2.45, 2.75) is 11.8 Å². The van der Waals surface area contributed by atoms with E-state index in [9.17, 15) is 13.2 Å². The molecule has 0 N–H and O–H groups in total. The number of aryl methyl sites for hydroxylation is 1. The molecule has 1 aliphatic rings. The minimum Gasteiger partial charge on any atom is -0.452 e. The number of allylic oxidation sites excluding steroid dienone is 1. The highest BCUT2D eigenvalue weighted by atomic mass is 32.2. The maximum absolute atomic E-state index is 12.6. The molecule has 0 saturated heterocycles. The van der Waals surface area contributed by atoms with E-state index in [4.69, 9.17) is 8.92 Å². The summed E-state index contributed by atoms with van der Waals surface area (Å²) in [7, 11) is -3.97. The van der Waals surface area contributed by atoms with Gasteiger partial charge in [-0.25, -0.2) is 0 Å². The van der Waals surface area contributed by atoms with Crippen molar-refractivity contribution in [3.63, 3.8) is 0 Å². The molecule has 3 aromatic carbocycles. The highest BCUT2D eigenvalue weighted by Crippen LogP contribution is 2.35. The molecule has 6 heteroatoms. The molecule has 1 heterocycles. The third kappa shape index (κ3) is 3.54. The molecular formula is C22H16O5S. The number of hydrogen-bond donors (Lipinski definition) is 0. The lowest BCUT2D eigenvalue weighted by Gasteiger charge is -2.07. The van der Waals surface area contributed by atoms with Crippen LogP contribution in [0.25, 0.3) is 6.08 Å². The standard InChI is InChI=1S/C22H16O5S/c1-15-6-5-7-16(12-15)13-21-22(23)19-11-10-17(14-20(19)26-21)27-28(24,25)18-8-3-2-4-9-18/h2-14H,1H3. The number of rotatable bonds is 4. The van der Waals surface area contributed by atoms with Crippen molar-refractivity contribution in [1.82, 2.24) is 0 Å². The van der Waals surface area contributed by atoms with Crippen LogP contribution in [0.15, 0.2) is 83.5 Å². The lowest BCUT2D eigenvalue weighted by atomic mass is 10.1. The van der Waals surface area contributed by atoms with Crippen LogP contribution < -0.4 is 8.92 Å². The summed E-state index contributed by atoms with van der Waals surface area (Å²) >= 11 is 0. The van der Waals surface area contributed by atoms with Crippen molar-refractivity contribution in [2.24, 2.45) is 0 Å².